The van der Waals surface area contributed by atoms with Gasteiger partial charge in [-0.05, 0) is 67.6 Å². The lowest BCUT2D eigenvalue weighted by Gasteiger charge is -2.27. The molecule has 29 heavy (non-hydrogen) atoms. The van der Waals surface area contributed by atoms with Gasteiger partial charge in [-0.15, -0.1) is 12.4 Å². The van der Waals surface area contributed by atoms with Gasteiger partial charge in [0.1, 0.15) is 5.92 Å². The Labute approximate surface area is 178 Å². The van der Waals surface area contributed by atoms with Gasteiger partial charge < -0.3 is 15.5 Å². The van der Waals surface area contributed by atoms with Crippen LogP contribution in [-0.4, -0.2) is 31.4 Å². The molecule has 0 radical (unpaired) electrons. The van der Waals surface area contributed by atoms with Gasteiger partial charge in [0.2, 0.25) is 11.8 Å². The molecule has 0 saturated carbocycles. The molecular weight excluding hydrogens is 386 g/mol. The van der Waals surface area contributed by atoms with Gasteiger partial charge in [0.25, 0.3) is 0 Å². The van der Waals surface area contributed by atoms with Crippen LogP contribution in [0, 0.1) is 19.8 Å². The molecule has 0 spiro atoms. The molecule has 4 rings (SSSR count). The topological polar surface area (TPSA) is 61.4 Å². The Balaban J connectivity index is 0.00000240. The van der Waals surface area contributed by atoms with Crippen molar-refractivity contribution in [1.29, 1.82) is 0 Å². The van der Waals surface area contributed by atoms with E-state index in [0.717, 1.165) is 29.8 Å². The Hall–Kier alpha value is -2.37. The highest BCUT2D eigenvalue weighted by Crippen LogP contribution is 2.27. The van der Waals surface area contributed by atoms with Crippen molar-refractivity contribution in [2.45, 2.75) is 32.7 Å². The van der Waals surface area contributed by atoms with Crippen molar-refractivity contribution < 1.29 is 9.59 Å². The number of nitrogens with one attached hydrogen (secondary N) is 2. The van der Waals surface area contributed by atoms with Crippen LogP contribution in [0.15, 0.2) is 42.5 Å². The third-order valence-corrected chi connectivity index (χ3v) is 5.74. The number of halogens is 1. The first-order valence-electron chi connectivity index (χ1n) is 10.0. The second-order valence-electron chi connectivity index (χ2n) is 7.88. The van der Waals surface area contributed by atoms with E-state index in [2.05, 4.69) is 34.9 Å². The Morgan fingerprint density at radius 3 is 2.66 bits per heavy atom. The van der Waals surface area contributed by atoms with Crippen molar-refractivity contribution in [2.75, 3.05) is 24.5 Å². The second-order valence-corrected chi connectivity index (χ2v) is 7.88. The Bertz CT molecular complexity index is 894. The lowest BCUT2D eigenvalue weighted by atomic mass is 9.94. The van der Waals surface area contributed by atoms with Crippen LogP contribution in [-0.2, 0) is 16.0 Å². The quantitative estimate of drug-likeness (QED) is 0.757. The molecule has 2 N–H and O–H groups in total. The van der Waals surface area contributed by atoms with E-state index in [0.29, 0.717) is 19.5 Å². The first kappa shape index (κ1) is 21.3. The molecule has 2 heterocycles. The van der Waals surface area contributed by atoms with Crippen LogP contribution < -0.4 is 15.5 Å². The Morgan fingerprint density at radius 1 is 1.17 bits per heavy atom. The van der Waals surface area contributed by atoms with Crippen LogP contribution >= 0.6 is 12.4 Å². The average Bonchev–Trinajstić information content (AvgIpc) is 3.07. The average molecular weight is 414 g/mol. The van der Waals surface area contributed by atoms with E-state index in [1.54, 1.807) is 4.90 Å². The number of hydrogen-bond donors (Lipinski definition) is 2. The first-order valence-corrected chi connectivity index (χ1v) is 10.0. The summed E-state index contributed by atoms with van der Waals surface area (Å²) in [5.74, 6) is -0.860. The zero-order chi connectivity index (χ0) is 19.7. The van der Waals surface area contributed by atoms with Crippen molar-refractivity contribution in [1.82, 2.24) is 10.6 Å². The number of amides is 2. The number of nitrogens with zero attached hydrogens (tertiary/aromatic N) is 1. The van der Waals surface area contributed by atoms with Gasteiger partial charge in [-0.25, -0.2) is 0 Å². The van der Waals surface area contributed by atoms with Gasteiger partial charge in [0.15, 0.2) is 0 Å². The molecule has 2 aliphatic rings. The summed E-state index contributed by atoms with van der Waals surface area (Å²) in [6.45, 7) is 6.04. The van der Waals surface area contributed by atoms with Crippen molar-refractivity contribution in [3.63, 3.8) is 0 Å². The van der Waals surface area contributed by atoms with E-state index in [1.165, 1.54) is 11.1 Å². The normalized spacial score (nSPS) is 20.8. The molecule has 0 aromatic heterocycles. The van der Waals surface area contributed by atoms with E-state index in [1.807, 2.05) is 32.0 Å². The van der Waals surface area contributed by atoms with Crippen molar-refractivity contribution in [2.24, 2.45) is 5.92 Å². The standard InChI is InChI=1S/C23H27N3O2.ClH/c1-15-11-16(2)13-18(12-15)26-10-8-20(23(26)28)22(27)25-14-21-19-6-4-3-5-17(19)7-9-24-21;/h3-6,11-13,20-21,24H,7-10,14H2,1-2H3,(H,25,27);1H. The molecule has 2 aromatic rings. The molecule has 2 aromatic carbocycles. The summed E-state index contributed by atoms with van der Waals surface area (Å²) < 4.78 is 0. The molecule has 154 valence electrons. The molecule has 2 unspecified atom stereocenters. The molecular formula is C23H28ClN3O2. The minimum absolute atomic E-state index is 0. The molecule has 2 atom stereocenters. The van der Waals surface area contributed by atoms with Crippen molar-refractivity contribution >= 4 is 29.9 Å². The summed E-state index contributed by atoms with van der Waals surface area (Å²) in [6, 6.07) is 14.5. The third kappa shape index (κ3) is 4.46. The lowest BCUT2D eigenvalue weighted by molar-refractivity contribution is -0.132. The van der Waals surface area contributed by atoms with Crippen LogP contribution in [0.2, 0.25) is 0 Å². The molecule has 1 saturated heterocycles. The van der Waals surface area contributed by atoms with E-state index in [4.69, 9.17) is 0 Å². The zero-order valence-corrected chi connectivity index (χ0v) is 17.7. The highest BCUT2D eigenvalue weighted by atomic mass is 35.5. The summed E-state index contributed by atoms with van der Waals surface area (Å²) in [4.78, 5) is 27.4. The summed E-state index contributed by atoms with van der Waals surface area (Å²) in [5.41, 5.74) is 5.71. The maximum Gasteiger partial charge on any atom is 0.239 e. The van der Waals surface area contributed by atoms with Gasteiger partial charge in [0.05, 0.1) is 0 Å². The van der Waals surface area contributed by atoms with Crippen LogP contribution in [0.3, 0.4) is 0 Å². The number of hydrogen-bond acceptors (Lipinski definition) is 3. The van der Waals surface area contributed by atoms with Gasteiger partial charge in [-0.1, -0.05) is 30.3 Å². The van der Waals surface area contributed by atoms with E-state index < -0.39 is 5.92 Å². The number of rotatable bonds is 4. The monoisotopic (exact) mass is 413 g/mol. The van der Waals surface area contributed by atoms with Crippen molar-refractivity contribution in [3.8, 4) is 0 Å². The Kier molecular flexibility index (Phi) is 6.60. The fourth-order valence-corrected chi connectivity index (χ4v) is 4.39. The fourth-order valence-electron chi connectivity index (χ4n) is 4.39. The van der Waals surface area contributed by atoms with E-state index in [9.17, 15) is 9.59 Å². The van der Waals surface area contributed by atoms with Crippen LogP contribution in [0.5, 0.6) is 0 Å². The SMILES string of the molecule is Cc1cc(C)cc(N2CCC(C(=O)NCC3NCCc4ccccc43)C2=O)c1.Cl. The summed E-state index contributed by atoms with van der Waals surface area (Å²) >= 11 is 0. The van der Waals surface area contributed by atoms with Gasteiger partial charge >= 0.3 is 0 Å². The summed E-state index contributed by atoms with van der Waals surface area (Å²) in [6.07, 6.45) is 1.57. The van der Waals surface area contributed by atoms with Crippen LogP contribution in [0.4, 0.5) is 5.69 Å². The molecule has 1 fully saturated rings. The third-order valence-electron chi connectivity index (χ3n) is 5.74. The van der Waals surface area contributed by atoms with E-state index in [-0.39, 0.29) is 30.3 Å². The number of benzene rings is 2. The summed E-state index contributed by atoms with van der Waals surface area (Å²) in [7, 11) is 0. The highest BCUT2D eigenvalue weighted by Gasteiger charge is 2.38. The fraction of sp³-hybridized carbons (Fsp3) is 0.391. The molecule has 6 heteroatoms. The number of fused-ring (bicyclic) bond motifs is 1. The second kappa shape index (κ2) is 8.97. The largest absolute Gasteiger partial charge is 0.353 e. The molecule has 0 bridgehead atoms. The molecule has 2 aliphatic heterocycles. The number of carbonyl (C=O) groups is 2. The Morgan fingerprint density at radius 2 is 1.90 bits per heavy atom. The lowest BCUT2D eigenvalue weighted by Crippen LogP contribution is -2.42. The molecule has 2 amide bonds. The number of carbonyl (C=O) groups excluding carboxylic acids is 2. The van der Waals surface area contributed by atoms with Gasteiger partial charge in [0, 0.05) is 24.8 Å². The predicted octanol–water partition coefficient (Wildman–Crippen LogP) is 3.08. The minimum Gasteiger partial charge on any atom is -0.353 e. The maximum absolute atomic E-state index is 12.9. The summed E-state index contributed by atoms with van der Waals surface area (Å²) in [5, 5.41) is 6.48. The molecule has 5 nitrogen and oxygen atoms in total. The van der Waals surface area contributed by atoms with Gasteiger partial charge in [-0.2, -0.15) is 0 Å². The zero-order valence-electron chi connectivity index (χ0n) is 16.9. The predicted molar refractivity (Wildman–Crippen MR) is 118 cm³/mol. The van der Waals surface area contributed by atoms with E-state index >= 15 is 0 Å². The highest BCUT2D eigenvalue weighted by molar-refractivity contribution is 6.09. The van der Waals surface area contributed by atoms with Gasteiger partial charge in [-0.3, -0.25) is 9.59 Å². The van der Waals surface area contributed by atoms with Crippen molar-refractivity contribution in [3.05, 3.63) is 64.7 Å². The minimum atomic E-state index is -0.598. The number of aryl methyl sites for hydroxylation is 2. The number of anilines is 1. The maximum atomic E-state index is 12.9. The first-order chi connectivity index (χ1) is 13.5. The van der Waals surface area contributed by atoms with Crippen LogP contribution in [0.1, 0.15) is 34.7 Å². The van der Waals surface area contributed by atoms with Crippen LogP contribution in [0.25, 0.3) is 0 Å². The smallest absolute Gasteiger partial charge is 0.239 e. The molecule has 0 aliphatic carbocycles.